The molecule has 0 aromatic rings. The first kappa shape index (κ1) is 16.1. The molecule has 0 N–H and O–H groups in total. The van der Waals surface area contributed by atoms with Crippen molar-refractivity contribution in [2.24, 2.45) is 10.9 Å². The zero-order chi connectivity index (χ0) is 13.1. The van der Waals surface area contributed by atoms with Crippen LogP contribution in [-0.2, 0) is 0 Å². The van der Waals surface area contributed by atoms with Gasteiger partial charge in [0, 0.05) is 6.20 Å². The number of aliphatic imine (C=N–C) groups is 1. The van der Waals surface area contributed by atoms with Gasteiger partial charge in [-0.15, -0.1) is 0 Å². The maximum Gasteiger partial charge on any atom is 0.0289 e. The van der Waals surface area contributed by atoms with E-state index in [4.69, 9.17) is 0 Å². The number of hydrogen-bond donors (Lipinski definition) is 0. The predicted octanol–water partition coefficient (Wildman–Crippen LogP) is 5.53. The summed E-state index contributed by atoms with van der Waals surface area (Å²) in [7, 11) is 0. The molecule has 1 nitrogen and oxygen atoms in total. The lowest BCUT2D eigenvalue weighted by Crippen LogP contribution is -2.01. The molecule has 0 rings (SSSR count). The molecule has 0 spiro atoms. The van der Waals surface area contributed by atoms with Gasteiger partial charge in [0.2, 0.25) is 0 Å². The van der Waals surface area contributed by atoms with Gasteiger partial charge in [-0.3, -0.25) is 4.99 Å². The maximum absolute atomic E-state index is 3.80. The Balaban J connectivity index is 4.31. The minimum atomic E-state index is 0.862. The Labute approximate surface area is 108 Å². The van der Waals surface area contributed by atoms with E-state index in [1.54, 1.807) is 0 Å². The molecule has 0 aliphatic rings. The van der Waals surface area contributed by atoms with Crippen molar-refractivity contribution in [2.45, 2.75) is 66.2 Å². The van der Waals surface area contributed by atoms with E-state index in [-0.39, 0.29) is 0 Å². The third kappa shape index (κ3) is 8.91. The van der Waals surface area contributed by atoms with Gasteiger partial charge in [0.25, 0.3) is 0 Å². The first-order valence-electron chi connectivity index (χ1n) is 6.93. The van der Waals surface area contributed by atoms with E-state index in [1.807, 2.05) is 6.20 Å². The van der Waals surface area contributed by atoms with E-state index >= 15 is 0 Å². The van der Waals surface area contributed by atoms with Gasteiger partial charge in [-0.1, -0.05) is 57.6 Å². The molecular formula is C16H29N. The monoisotopic (exact) mass is 235 g/mol. The Kier molecular flexibility index (Phi) is 9.80. The molecule has 0 aromatic carbocycles. The summed E-state index contributed by atoms with van der Waals surface area (Å²) in [5.41, 5.74) is 2.67. The normalized spacial score (nSPS) is 14.8. The van der Waals surface area contributed by atoms with Crippen molar-refractivity contribution in [3.63, 3.8) is 0 Å². The molecular weight excluding hydrogens is 206 g/mol. The van der Waals surface area contributed by atoms with Crippen LogP contribution in [0.1, 0.15) is 66.2 Å². The Bertz CT molecular complexity index is 261. The highest BCUT2D eigenvalue weighted by Crippen LogP contribution is 2.23. The average molecular weight is 235 g/mol. The fourth-order valence-electron chi connectivity index (χ4n) is 2.33. The lowest BCUT2D eigenvalue weighted by atomic mass is 9.90. The Hall–Kier alpha value is -0.850. The van der Waals surface area contributed by atoms with Crippen LogP contribution >= 0.6 is 0 Å². The molecule has 98 valence electrons. The van der Waals surface area contributed by atoms with Crippen LogP contribution in [0.5, 0.6) is 0 Å². The first-order valence-corrected chi connectivity index (χ1v) is 6.93. The molecule has 0 fully saturated rings. The van der Waals surface area contributed by atoms with Crippen molar-refractivity contribution in [2.75, 3.05) is 0 Å². The van der Waals surface area contributed by atoms with Crippen LogP contribution in [0, 0.1) is 5.92 Å². The molecule has 0 amide bonds. The maximum atomic E-state index is 3.80. The lowest BCUT2D eigenvalue weighted by molar-refractivity contribution is 0.426. The SMILES string of the molecule is C=NC=C(C)C=C(C)CC(CCC)CCCC. The summed E-state index contributed by atoms with van der Waals surface area (Å²) in [5, 5.41) is 0. The number of unbranched alkanes of at least 4 members (excludes halogenated alkanes) is 1. The second-order valence-corrected chi connectivity index (χ2v) is 5.05. The average Bonchev–Trinajstić information content (AvgIpc) is 2.26. The van der Waals surface area contributed by atoms with Gasteiger partial charge in [0.1, 0.15) is 0 Å². The van der Waals surface area contributed by atoms with Crippen molar-refractivity contribution in [3.05, 3.63) is 23.4 Å². The van der Waals surface area contributed by atoms with Crippen molar-refractivity contribution < 1.29 is 0 Å². The van der Waals surface area contributed by atoms with Crippen LogP contribution in [0.3, 0.4) is 0 Å². The van der Waals surface area contributed by atoms with Gasteiger partial charge in [0.05, 0.1) is 0 Å². The summed E-state index contributed by atoms with van der Waals surface area (Å²) in [4.78, 5) is 3.80. The minimum absolute atomic E-state index is 0.862. The quantitative estimate of drug-likeness (QED) is 0.368. The van der Waals surface area contributed by atoms with E-state index in [2.05, 4.69) is 45.5 Å². The van der Waals surface area contributed by atoms with E-state index in [9.17, 15) is 0 Å². The van der Waals surface area contributed by atoms with Gasteiger partial charge in [-0.05, 0) is 38.5 Å². The van der Waals surface area contributed by atoms with Gasteiger partial charge >= 0.3 is 0 Å². The molecule has 0 aliphatic heterocycles. The lowest BCUT2D eigenvalue weighted by Gasteiger charge is -2.16. The highest BCUT2D eigenvalue weighted by molar-refractivity contribution is 5.29. The summed E-state index contributed by atoms with van der Waals surface area (Å²) in [5.74, 6) is 0.862. The van der Waals surface area contributed by atoms with Crippen molar-refractivity contribution >= 4 is 6.72 Å². The molecule has 0 saturated carbocycles. The standard InChI is InChI=1S/C16H29N/c1-6-8-10-16(9-7-2)12-14(3)11-15(4)13-17-5/h11,13,16H,5-10,12H2,1-4H3. The van der Waals surface area contributed by atoms with E-state index in [0.717, 1.165) is 5.92 Å². The summed E-state index contributed by atoms with van der Waals surface area (Å²) in [6, 6.07) is 0. The second-order valence-electron chi connectivity index (χ2n) is 5.05. The van der Waals surface area contributed by atoms with Crippen LogP contribution in [0.4, 0.5) is 0 Å². The molecule has 17 heavy (non-hydrogen) atoms. The molecule has 1 atom stereocenters. The molecule has 1 unspecified atom stereocenters. The fourth-order valence-corrected chi connectivity index (χ4v) is 2.33. The number of rotatable bonds is 9. The van der Waals surface area contributed by atoms with Crippen LogP contribution < -0.4 is 0 Å². The Morgan fingerprint density at radius 1 is 1.18 bits per heavy atom. The van der Waals surface area contributed by atoms with Crippen molar-refractivity contribution in [3.8, 4) is 0 Å². The third-order valence-corrected chi connectivity index (χ3v) is 3.04. The Morgan fingerprint density at radius 2 is 1.88 bits per heavy atom. The minimum Gasteiger partial charge on any atom is -0.272 e. The van der Waals surface area contributed by atoms with Crippen LogP contribution in [0.15, 0.2) is 28.4 Å². The highest BCUT2D eigenvalue weighted by Gasteiger charge is 2.07. The van der Waals surface area contributed by atoms with Gasteiger partial charge in [0.15, 0.2) is 0 Å². The van der Waals surface area contributed by atoms with E-state index in [1.165, 1.54) is 49.7 Å². The molecule has 0 heterocycles. The molecule has 0 aliphatic carbocycles. The first-order chi connectivity index (χ1) is 8.13. The number of nitrogens with zero attached hydrogens (tertiary/aromatic N) is 1. The number of hydrogen-bond acceptors (Lipinski definition) is 1. The van der Waals surface area contributed by atoms with Gasteiger partial charge < -0.3 is 0 Å². The highest BCUT2D eigenvalue weighted by atomic mass is 14.6. The van der Waals surface area contributed by atoms with Crippen LogP contribution in [0.2, 0.25) is 0 Å². The summed E-state index contributed by atoms with van der Waals surface area (Å²) in [6.07, 6.45) is 12.0. The third-order valence-electron chi connectivity index (χ3n) is 3.04. The van der Waals surface area contributed by atoms with Gasteiger partial charge in [-0.25, -0.2) is 0 Å². The molecule has 0 radical (unpaired) electrons. The van der Waals surface area contributed by atoms with Crippen molar-refractivity contribution in [1.82, 2.24) is 0 Å². The fraction of sp³-hybridized carbons (Fsp3) is 0.688. The summed E-state index contributed by atoms with van der Waals surface area (Å²) in [6.45, 7) is 12.4. The summed E-state index contributed by atoms with van der Waals surface area (Å²) >= 11 is 0. The number of allylic oxidation sites excluding steroid dienone is 3. The smallest absolute Gasteiger partial charge is 0.0289 e. The summed E-state index contributed by atoms with van der Waals surface area (Å²) < 4.78 is 0. The zero-order valence-electron chi connectivity index (χ0n) is 12.1. The largest absolute Gasteiger partial charge is 0.272 e. The van der Waals surface area contributed by atoms with Crippen LogP contribution in [-0.4, -0.2) is 6.72 Å². The van der Waals surface area contributed by atoms with E-state index in [0.29, 0.717) is 0 Å². The van der Waals surface area contributed by atoms with Crippen molar-refractivity contribution in [1.29, 1.82) is 0 Å². The molecule has 0 bridgehead atoms. The molecule has 0 saturated heterocycles. The second kappa shape index (κ2) is 10.3. The van der Waals surface area contributed by atoms with Gasteiger partial charge in [-0.2, -0.15) is 0 Å². The van der Waals surface area contributed by atoms with E-state index < -0.39 is 0 Å². The predicted molar refractivity (Wildman–Crippen MR) is 79.6 cm³/mol. The Morgan fingerprint density at radius 3 is 2.41 bits per heavy atom. The molecule has 1 heteroatoms. The van der Waals surface area contributed by atoms with Crippen LogP contribution in [0.25, 0.3) is 0 Å². The topological polar surface area (TPSA) is 12.4 Å². The zero-order valence-corrected chi connectivity index (χ0v) is 12.1. The molecule has 0 aromatic heterocycles.